The fourth-order valence-corrected chi connectivity index (χ4v) is 2.70. The maximum absolute atomic E-state index is 6.00. The van der Waals surface area contributed by atoms with Crippen LogP contribution in [0.2, 0.25) is 0 Å². The molecule has 1 atom stereocenters. The van der Waals surface area contributed by atoms with Crippen LogP contribution in [-0.2, 0) is 6.54 Å². The summed E-state index contributed by atoms with van der Waals surface area (Å²) in [7, 11) is 2.14. The van der Waals surface area contributed by atoms with E-state index in [-0.39, 0.29) is 30.1 Å². The van der Waals surface area contributed by atoms with Crippen LogP contribution in [0.4, 0.5) is 5.69 Å². The van der Waals surface area contributed by atoms with Crippen molar-refractivity contribution in [3.05, 3.63) is 60.2 Å². The lowest BCUT2D eigenvalue weighted by atomic mass is 10.1. The maximum Gasteiger partial charge on any atom is 0.193 e. The predicted molar refractivity (Wildman–Crippen MR) is 130 cm³/mol. The number of nitrogens with zero attached hydrogens (tertiary/aromatic N) is 2. The molecule has 0 bridgehead atoms. The largest absolute Gasteiger partial charge is 0.491 e. The Labute approximate surface area is 186 Å². The van der Waals surface area contributed by atoms with Crippen LogP contribution in [0, 0.1) is 0 Å². The van der Waals surface area contributed by atoms with Gasteiger partial charge in [0.25, 0.3) is 0 Å². The van der Waals surface area contributed by atoms with E-state index in [1.54, 1.807) is 0 Å². The van der Waals surface area contributed by atoms with Gasteiger partial charge >= 0.3 is 0 Å². The van der Waals surface area contributed by atoms with Crippen LogP contribution < -0.4 is 15.8 Å². The third-order valence-corrected chi connectivity index (χ3v) is 4.35. The van der Waals surface area contributed by atoms with E-state index in [0.717, 1.165) is 24.4 Å². The van der Waals surface area contributed by atoms with E-state index in [9.17, 15) is 0 Å². The molecule has 0 amide bonds. The summed E-state index contributed by atoms with van der Waals surface area (Å²) in [6.07, 6.45) is 1.12. The molecule has 6 heteroatoms. The molecular weight excluding hydrogens is 463 g/mol. The summed E-state index contributed by atoms with van der Waals surface area (Å²) in [6.45, 7) is 7.86. The Hall–Kier alpha value is -1.80. The fraction of sp³-hybridized carbons (Fsp3) is 0.409. The average Bonchev–Trinajstić information content (AvgIpc) is 2.63. The van der Waals surface area contributed by atoms with Crippen LogP contribution in [0.1, 0.15) is 32.8 Å². The molecule has 0 saturated heterocycles. The van der Waals surface area contributed by atoms with Crippen molar-refractivity contribution in [3.63, 3.8) is 0 Å². The van der Waals surface area contributed by atoms with E-state index >= 15 is 0 Å². The normalized spacial score (nSPS) is 12.6. The highest BCUT2D eigenvalue weighted by atomic mass is 127. The monoisotopic (exact) mass is 496 g/mol. The first kappa shape index (κ1) is 24.2. The molecule has 0 saturated carbocycles. The van der Waals surface area contributed by atoms with E-state index < -0.39 is 0 Å². The molecular formula is C22H33IN4O. The number of benzene rings is 2. The highest BCUT2D eigenvalue weighted by Gasteiger charge is 2.09. The summed E-state index contributed by atoms with van der Waals surface area (Å²) < 4.78 is 5.64. The van der Waals surface area contributed by atoms with Gasteiger partial charge in [-0.3, -0.25) is 9.89 Å². The lowest BCUT2D eigenvalue weighted by Gasteiger charge is -2.24. The highest BCUT2D eigenvalue weighted by molar-refractivity contribution is 14.0. The van der Waals surface area contributed by atoms with Crippen molar-refractivity contribution in [2.24, 2.45) is 10.7 Å². The molecule has 1 unspecified atom stereocenters. The quantitative estimate of drug-likeness (QED) is 0.300. The predicted octanol–water partition coefficient (Wildman–Crippen LogP) is 4.73. The third-order valence-electron chi connectivity index (χ3n) is 4.35. The minimum absolute atomic E-state index is 0. The Kier molecular flexibility index (Phi) is 10.9. The summed E-state index contributed by atoms with van der Waals surface area (Å²) in [5, 5.41) is 3.12. The van der Waals surface area contributed by atoms with E-state index in [1.165, 1.54) is 5.56 Å². The molecule has 0 heterocycles. The highest BCUT2D eigenvalue weighted by Crippen LogP contribution is 2.16. The van der Waals surface area contributed by atoms with E-state index in [2.05, 4.69) is 53.4 Å². The molecule has 0 aliphatic heterocycles. The zero-order chi connectivity index (χ0) is 19.6. The zero-order valence-corrected chi connectivity index (χ0v) is 19.6. The summed E-state index contributed by atoms with van der Waals surface area (Å²) in [5.74, 6) is 1.28. The van der Waals surface area contributed by atoms with Gasteiger partial charge in [-0.1, -0.05) is 30.3 Å². The molecule has 28 heavy (non-hydrogen) atoms. The fourth-order valence-electron chi connectivity index (χ4n) is 2.70. The number of nitrogens with two attached hydrogens (primary N) is 1. The summed E-state index contributed by atoms with van der Waals surface area (Å²) in [4.78, 5) is 6.78. The Bertz CT molecular complexity index is 704. The molecule has 0 aliphatic carbocycles. The average molecular weight is 496 g/mol. The second kappa shape index (κ2) is 12.6. The van der Waals surface area contributed by atoms with Gasteiger partial charge in [-0.25, -0.2) is 0 Å². The van der Waals surface area contributed by atoms with Crippen molar-refractivity contribution in [2.75, 3.05) is 18.9 Å². The van der Waals surface area contributed by atoms with Crippen LogP contribution in [0.5, 0.6) is 5.75 Å². The Morgan fingerprint density at radius 3 is 2.32 bits per heavy atom. The van der Waals surface area contributed by atoms with Crippen molar-refractivity contribution in [3.8, 4) is 5.75 Å². The molecule has 5 nitrogen and oxygen atoms in total. The summed E-state index contributed by atoms with van der Waals surface area (Å²) in [5.41, 5.74) is 8.23. The number of anilines is 1. The molecule has 0 radical (unpaired) electrons. The SMILES string of the molecule is CC(C)Oc1ccc(NC(N)=NCCC(C)N(C)Cc2ccccc2)cc1.I. The lowest BCUT2D eigenvalue weighted by molar-refractivity contribution is 0.240. The number of hydrogen-bond donors (Lipinski definition) is 2. The minimum Gasteiger partial charge on any atom is -0.491 e. The number of aliphatic imine (C=N–C) groups is 1. The smallest absolute Gasteiger partial charge is 0.193 e. The van der Waals surface area contributed by atoms with Gasteiger partial charge in [-0.15, -0.1) is 24.0 Å². The van der Waals surface area contributed by atoms with Crippen molar-refractivity contribution in [1.29, 1.82) is 0 Å². The first-order valence-corrected chi connectivity index (χ1v) is 9.52. The lowest BCUT2D eigenvalue weighted by Crippen LogP contribution is -2.30. The van der Waals surface area contributed by atoms with Crippen LogP contribution in [-0.4, -0.2) is 36.6 Å². The maximum atomic E-state index is 6.00. The van der Waals surface area contributed by atoms with Crippen molar-refractivity contribution in [2.45, 2.75) is 45.9 Å². The molecule has 0 spiro atoms. The van der Waals surface area contributed by atoms with Crippen molar-refractivity contribution in [1.82, 2.24) is 4.90 Å². The summed E-state index contributed by atoms with van der Waals surface area (Å²) in [6, 6.07) is 18.7. The van der Waals surface area contributed by atoms with Gasteiger partial charge in [0.1, 0.15) is 5.75 Å². The van der Waals surface area contributed by atoms with Gasteiger partial charge in [-0.05, 0) is 64.1 Å². The second-order valence-corrected chi connectivity index (χ2v) is 7.12. The molecule has 0 aromatic heterocycles. The molecule has 0 fully saturated rings. The third kappa shape index (κ3) is 8.93. The Morgan fingerprint density at radius 1 is 1.07 bits per heavy atom. The molecule has 2 rings (SSSR count). The first-order chi connectivity index (χ1) is 12.9. The van der Waals surface area contributed by atoms with Gasteiger partial charge in [0.2, 0.25) is 0 Å². The van der Waals surface area contributed by atoms with Crippen LogP contribution in [0.25, 0.3) is 0 Å². The van der Waals surface area contributed by atoms with Gasteiger partial charge in [-0.2, -0.15) is 0 Å². The van der Waals surface area contributed by atoms with E-state index in [0.29, 0.717) is 18.5 Å². The number of rotatable bonds is 9. The molecule has 2 aromatic rings. The summed E-state index contributed by atoms with van der Waals surface area (Å²) >= 11 is 0. The number of halogens is 1. The Balaban J connectivity index is 0.00000392. The van der Waals surface area contributed by atoms with Crippen molar-refractivity contribution < 1.29 is 4.74 Å². The number of hydrogen-bond acceptors (Lipinski definition) is 3. The molecule has 0 aliphatic rings. The van der Waals surface area contributed by atoms with Crippen LogP contribution >= 0.6 is 24.0 Å². The zero-order valence-electron chi connectivity index (χ0n) is 17.3. The number of guanidine groups is 1. The van der Waals surface area contributed by atoms with Gasteiger partial charge < -0.3 is 15.8 Å². The molecule has 3 N–H and O–H groups in total. The van der Waals surface area contributed by atoms with Gasteiger partial charge in [0.05, 0.1) is 6.10 Å². The second-order valence-electron chi connectivity index (χ2n) is 7.12. The van der Waals surface area contributed by atoms with Crippen molar-refractivity contribution >= 4 is 35.6 Å². The van der Waals surface area contributed by atoms with Crippen LogP contribution in [0.3, 0.4) is 0 Å². The van der Waals surface area contributed by atoms with Gasteiger partial charge in [0, 0.05) is 24.8 Å². The topological polar surface area (TPSA) is 62.9 Å². The van der Waals surface area contributed by atoms with E-state index in [4.69, 9.17) is 10.5 Å². The minimum atomic E-state index is 0. The standard InChI is InChI=1S/C22H32N4O.HI/c1-17(2)27-21-12-10-20(11-13-21)25-22(23)24-15-14-18(3)26(4)16-19-8-6-5-7-9-19;/h5-13,17-18H,14-16H2,1-4H3,(H3,23,24,25);1H. The van der Waals surface area contributed by atoms with E-state index in [1.807, 2.05) is 44.2 Å². The Morgan fingerprint density at radius 2 is 1.71 bits per heavy atom. The van der Waals surface area contributed by atoms with Crippen LogP contribution in [0.15, 0.2) is 59.6 Å². The number of ether oxygens (including phenoxy) is 1. The van der Waals surface area contributed by atoms with Gasteiger partial charge in [0.15, 0.2) is 5.96 Å². The number of nitrogens with one attached hydrogen (secondary N) is 1. The molecule has 2 aromatic carbocycles. The molecule has 154 valence electrons. The first-order valence-electron chi connectivity index (χ1n) is 9.52.